The van der Waals surface area contributed by atoms with Crippen LogP contribution in [0.15, 0.2) is 179 Å². The third-order valence-corrected chi connectivity index (χ3v) is 9.27. The Labute approximate surface area is 322 Å². The molecule has 2 heterocycles. The highest BCUT2D eigenvalue weighted by Crippen LogP contribution is 2.40. The summed E-state index contributed by atoms with van der Waals surface area (Å²) in [5.41, 5.74) is 6.53. The summed E-state index contributed by atoms with van der Waals surface area (Å²) >= 11 is 0. The van der Waals surface area contributed by atoms with E-state index < -0.39 is 0 Å². The van der Waals surface area contributed by atoms with E-state index in [0.717, 1.165) is 34.1 Å². The average molecular weight is 721 g/mol. The third-order valence-electron chi connectivity index (χ3n) is 9.27. The number of furan rings is 2. The first-order chi connectivity index (χ1) is 27.6. The fourth-order valence-electron chi connectivity index (χ4n) is 6.79. The van der Waals surface area contributed by atoms with Gasteiger partial charge in [-0.25, -0.2) is 0 Å². The van der Waals surface area contributed by atoms with Crippen LogP contribution in [-0.4, -0.2) is 0 Å². The molecule has 0 bridgehead atoms. The van der Waals surface area contributed by atoms with Gasteiger partial charge in [0.05, 0.1) is 10.8 Å². The van der Waals surface area contributed by atoms with E-state index in [9.17, 15) is 10.5 Å². The van der Waals surface area contributed by atoms with Crippen molar-refractivity contribution >= 4 is 56.3 Å². The predicted molar refractivity (Wildman–Crippen MR) is 219 cm³/mol. The van der Waals surface area contributed by atoms with Crippen LogP contribution in [0, 0.1) is 35.8 Å². The van der Waals surface area contributed by atoms with E-state index in [-0.39, 0.29) is 33.7 Å². The summed E-state index contributed by atoms with van der Waals surface area (Å²) in [7, 11) is 0. The Morgan fingerprint density at radius 2 is 0.732 bits per heavy atom. The van der Waals surface area contributed by atoms with Crippen LogP contribution in [0.4, 0.5) is 34.1 Å². The number of nitrogens with zero attached hydrogens (tertiary/aromatic N) is 6. The summed E-state index contributed by atoms with van der Waals surface area (Å²) in [5.74, 6) is 0.222. The maximum absolute atomic E-state index is 10.1. The minimum absolute atomic E-state index is 0.00113. The van der Waals surface area contributed by atoms with Gasteiger partial charge in [-0.15, -0.1) is 0 Å². The quantitative estimate of drug-likeness (QED) is 0.145. The van der Waals surface area contributed by atoms with Crippen molar-refractivity contribution in [2.45, 2.75) is 0 Å². The van der Waals surface area contributed by atoms with E-state index in [2.05, 4.69) is 19.5 Å². The first kappa shape index (κ1) is 34.5. The smallest absolute Gasteiger partial charge is 0.458 e. The van der Waals surface area contributed by atoms with E-state index in [1.807, 2.05) is 182 Å². The molecule has 0 aliphatic carbocycles. The van der Waals surface area contributed by atoms with Gasteiger partial charge in [-0.2, -0.15) is 20.2 Å². The molecule has 8 aromatic rings. The molecule has 56 heavy (non-hydrogen) atoms. The number of para-hydroxylation sites is 4. The standard InChI is InChI=1S/C48H28N6O2/c1-51-48(52-2)47-43-42(44(56-47)33-23-27-40(28-24-33)53(36-15-7-3-8-16-36)37-17-9-4-10-18-37)46(35(31-49)32-50)55-45(43)34-25-29-41(30-26-34)54(38-19-11-5-12-20-38)39-21-13-6-14-22-39/h3-30H. The van der Waals surface area contributed by atoms with Gasteiger partial charge in [-0.3, -0.25) is 0 Å². The predicted octanol–water partition coefficient (Wildman–Crippen LogP) is 11.4. The zero-order valence-electron chi connectivity index (χ0n) is 29.7. The number of benzene rings is 6. The normalized spacial score (nSPS) is 10.4. The fraction of sp³-hybridized carbons (Fsp3) is 0. The summed E-state index contributed by atoms with van der Waals surface area (Å²) in [6, 6.07) is 59.2. The molecule has 0 fully saturated rings. The zero-order valence-corrected chi connectivity index (χ0v) is 29.7. The second kappa shape index (κ2) is 15.2. The van der Waals surface area contributed by atoms with E-state index in [0.29, 0.717) is 21.9 Å². The van der Waals surface area contributed by atoms with Gasteiger partial charge < -0.3 is 18.6 Å². The maximum Gasteiger partial charge on any atom is 0.563 e. The Bertz CT molecular complexity index is 2660. The van der Waals surface area contributed by atoms with Crippen molar-refractivity contribution in [1.82, 2.24) is 0 Å². The molecule has 0 aliphatic rings. The molecule has 2 aromatic heterocycles. The molecule has 0 N–H and O–H groups in total. The molecule has 262 valence electrons. The molecule has 0 aliphatic heterocycles. The van der Waals surface area contributed by atoms with Gasteiger partial charge in [0.25, 0.3) is 0 Å². The van der Waals surface area contributed by atoms with E-state index >= 15 is 0 Å². The van der Waals surface area contributed by atoms with Crippen LogP contribution < -0.4 is 20.6 Å². The highest BCUT2D eigenvalue weighted by atomic mass is 16.4. The molecular weight excluding hydrogens is 693 g/mol. The van der Waals surface area contributed by atoms with Crippen LogP contribution in [0.25, 0.3) is 54.5 Å². The van der Waals surface area contributed by atoms with E-state index in [1.165, 1.54) is 0 Å². The molecule has 0 saturated heterocycles. The third kappa shape index (κ3) is 6.29. The van der Waals surface area contributed by atoms with Crippen LogP contribution in [0.5, 0.6) is 0 Å². The van der Waals surface area contributed by atoms with Crippen molar-refractivity contribution < 1.29 is 8.83 Å². The molecule has 0 saturated carbocycles. The largest absolute Gasteiger partial charge is 0.563 e. The summed E-state index contributed by atoms with van der Waals surface area (Å²) in [5, 5.41) is 20.9. The van der Waals surface area contributed by atoms with Crippen LogP contribution in [0.2, 0.25) is 0 Å². The molecule has 0 spiro atoms. The number of hydrogen-bond donors (Lipinski definition) is 0. The Kier molecular flexibility index (Phi) is 9.37. The number of hydrogen-bond acceptors (Lipinski definition) is 6. The second-order valence-electron chi connectivity index (χ2n) is 12.5. The summed E-state index contributed by atoms with van der Waals surface area (Å²) < 4.78 is 12.9. The molecule has 0 amide bonds. The molecular formula is C48H28N6O2. The van der Waals surface area contributed by atoms with Crippen LogP contribution in [0.3, 0.4) is 0 Å². The monoisotopic (exact) mass is 720 g/mol. The Morgan fingerprint density at radius 3 is 1.05 bits per heavy atom. The van der Waals surface area contributed by atoms with Gasteiger partial charge in [0.2, 0.25) is 5.42 Å². The second-order valence-corrected chi connectivity index (χ2v) is 12.5. The topological polar surface area (TPSA) is 89.1 Å². The molecule has 8 heteroatoms. The van der Waals surface area contributed by atoms with Gasteiger partial charge in [0, 0.05) is 45.3 Å². The lowest BCUT2D eigenvalue weighted by atomic mass is 10.0. The van der Waals surface area contributed by atoms with Crippen molar-refractivity contribution in [3.05, 3.63) is 204 Å². The van der Waals surface area contributed by atoms with Crippen LogP contribution in [0.1, 0.15) is 0 Å². The van der Waals surface area contributed by atoms with Gasteiger partial charge in [0.1, 0.15) is 36.8 Å². The van der Waals surface area contributed by atoms with Gasteiger partial charge in [0.15, 0.2) is 11.0 Å². The Hall–Kier alpha value is -8.56. The number of nitriles is 2. The van der Waals surface area contributed by atoms with Crippen molar-refractivity contribution in [1.29, 1.82) is 10.5 Å². The molecule has 0 atom stereocenters. The Balaban J connectivity index is 1.31. The van der Waals surface area contributed by atoms with Crippen molar-refractivity contribution in [3.63, 3.8) is 0 Å². The fourth-order valence-corrected chi connectivity index (χ4v) is 6.79. The highest BCUT2D eigenvalue weighted by Gasteiger charge is 2.28. The molecule has 0 unspecified atom stereocenters. The maximum atomic E-state index is 10.1. The van der Waals surface area contributed by atoms with Crippen molar-refractivity contribution in [2.75, 3.05) is 9.80 Å². The van der Waals surface area contributed by atoms with Gasteiger partial charge in [-0.1, -0.05) is 72.8 Å². The lowest BCUT2D eigenvalue weighted by Gasteiger charge is -2.25. The van der Waals surface area contributed by atoms with E-state index in [4.69, 9.17) is 22.0 Å². The summed E-state index contributed by atoms with van der Waals surface area (Å²) in [6.45, 7) is 15.7. The van der Waals surface area contributed by atoms with Gasteiger partial charge in [-0.05, 0) is 97.1 Å². The molecule has 0 radical (unpaired) electrons. The highest BCUT2D eigenvalue weighted by molar-refractivity contribution is 6.05. The minimum atomic E-state index is -0.308. The summed E-state index contributed by atoms with van der Waals surface area (Å²) in [6.07, 6.45) is 0. The molecule has 6 aromatic carbocycles. The molecule has 8 nitrogen and oxygen atoms in total. The van der Waals surface area contributed by atoms with Crippen LogP contribution in [-0.2, 0) is 0 Å². The van der Waals surface area contributed by atoms with Crippen molar-refractivity contribution in [3.8, 4) is 34.8 Å². The molecule has 8 rings (SSSR count). The number of rotatable bonds is 8. The van der Waals surface area contributed by atoms with E-state index in [1.54, 1.807) is 0 Å². The first-order valence-corrected chi connectivity index (χ1v) is 17.5. The zero-order chi connectivity index (χ0) is 38.4. The first-order valence-electron chi connectivity index (χ1n) is 17.5. The average Bonchev–Trinajstić information content (AvgIpc) is 3.84. The minimum Gasteiger partial charge on any atom is -0.458 e. The lowest BCUT2D eigenvalue weighted by molar-refractivity contribution is 0.529. The number of fused-ring (bicyclic) bond motifs is 1. The van der Waals surface area contributed by atoms with Crippen LogP contribution >= 0.6 is 0 Å². The van der Waals surface area contributed by atoms with Crippen molar-refractivity contribution in [2.24, 2.45) is 0 Å². The lowest BCUT2D eigenvalue weighted by Crippen LogP contribution is -2.09. The summed E-state index contributed by atoms with van der Waals surface area (Å²) in [4.78, 5) is 11.2. The SMILES string of the molecule is [C-]#[N+]C([N+]#[C-])=c1oc(-c2ccc(N(c3ccccc3)c3ccccc3)cc2)c2c(=C(C#N)C#N)oc(-c3ccc(N(c4ccccc4)c4ccccc4)cc3)c12. The van der Waals surface area contributed by atoms with Gasteiger partial charge >= 0.3 is 5.82 Å². The Morgan fingerprint density at radius 1 is 0.429 bits per heavy atom. The number of anilines is 6.